The number of pyridine rings is 1. The van der Waals surface area contributed by atoms with E-state index in [1.54, 1.807) is 6.07 Å². The molecule has 1 amide bonds. The van der Waals surface area contributed by atoms with Crippen LogP contribution in [0.1, 0.15) is 10.4 Å². The van der Waals surface area contributed by atoms with Gasteiger partial charge in [0.1, 0.15) is 11.5 Å². The van der Waals surface area contributed by atoms with E-state index in [-0.39, 0.29) is 16.9 Å². The molecule has 0 aliphatic carbocycles. The number of carbonyl (C=O) groups excluding carboxylic acids is 1. The molecule has 0 fully saturated rings. The number of nitro benzene ring substituents is 1. The van der Waals surface area contributed by atoms with Gasteiger partial charge in [0.25, 0.3) is 11.6 Å². The Morgan fingerprint density at radius 1 is 1.13 bits per heavy atom. The van der Waals surface area contributed by atoms with Gasteiger partial charge in [0.05, 0.1) is 10.4 Å². The van der Waals surface area contributed by atoms with Gasteiger partial charge in [-0.3, -0.25) is 14.9 Å². The minimum atomic E-state index is -0.625. The molecule has 2 aromatic carbocycles. The maximum Gasteiger partial charge on any atom is 0.292 e. The number of fused-ring (bicyclic) bond motifs is 1. The van der Waals surface area contributed by atoms with E-state index in [1.165, 1.54) is 12.1 Å². The van der Waals surface area contributed by atoms with Gasteiger partial charge in [-0.15, -0.1) is 0 Å². The number of hydrogen-bond acceptors (Lipinski definition) is 5. The fraction of sp³-hybridized carbons (Fsp3) is 0. The van der Waals surface area contributed by atoms with Crippen molar-refractivity contribution in [3.05, 3.63) is 70.3 Å². The summed E-state index contributed by atoms with van der Waals surface area (Å²) in [4.78, 5) is 26.8. The van der Waals surface area contributed by atoms with Crippen LogP contribution in [0.4, 0.5) is 17.2 Å². The van der Waals surface area contributed by atoms with Crippen LogP contribution in [0, 0.1) is 10.1 Å². The molecule has 3 aromatic rings. The molecule has 3 N–H and O–H groups in total. The quantitative estimate of drug-likeness (QED) is 0.439. The van der Waals surface area contributed by atoms with Gasteiger partial charge >= 0.3 is 0 Å². The highest BCUT2D eigenvalue weighted by Gasteiger charge is 2.16. The third-order valence-corrected chi connectivity index (χ3v) is 3.33. The first-order chi connectivity index (χ1) is 11.0. The molecule has 0 saturated carbocycles. The number of para-hydroxylation sites is 1. The van der Waals surface area contributed by atoms with E-state index in [0.717, 1.165) is 17.0 Å². The summed E-state index contributed by atoms with van der Waals surface area (Å²) in [5.74, 6) is -0.121. The maximum atomic E-state index is 12.2. The van der Waals surface area contributed by atoms with Crippen LogP contribution in [-0.4, -0.2) is 15.8 Å². The second kappa shape index (κ2) is 5.72. The van der Waals surface area contributed by atoms with Crippen molar-refractivity contribution in [3.63, 3.8) is 0 Å². The molecule has 0 spiro atoms. The van der Waals surface area contributed by atoms with Crippen molar-refractivity contribution in [2.45, 2.75) is 0 Å². The molecular formula is C16H12N4O3. The van der Waals surface area contributed by atoms with Crippen LogP contribution in [0.3, 0.4) is 0 Å². The largest absolute Gasteiger partial charge is 0.393 e. The lowest BCUT2D eigenvalue weighted by Gasteiger charge is -2.06. The van der Waals surface area contributed by atoms with E-state index >= 15 is 0 Å². The normalized spacial score (nSPS) is 10.4. The SMILES string of the molecule is Nc1ccc(C(=O)Nc2ccc3ccccc3n2)cc1[N+](=O)[O-]. The zero-order valence-electron chi connectivity index (χ0n) is 11.9. The van der Waals surface area contributed by atoms with Crippen molar-refractivity contribution >= 4 is 34.0 Å². The lowest BCUT2D eigenvalue weighted by Crippen LogP contribution is -2.13. The Bertz CT molecular complexity index is 924. The number of benzene rings is 2. The molecule has 0 atom stereocenters. The van der Waals surface area contributed by atoms with Crippen molar-refractivity contribution in [3.8, 4) is 0 Å². The fourth-order valence-electron chi connectivity index (χ4n) is 2.17. The number of aromatic nitrogens is 1. The second-order valence-electron chi connectivity index (χ2n) is 4.87. The van der Waals surface area contributed by atoms with E-state index in [1.807, 2.05) is 30.3 Å². The number of anilines is 2. The average molecular weight is 308 g/mol. The van der Waals surface area contributed by atoms with Gasteiger partial charge in [0, 0.05) is 17.0 Å². The molecule has 0 saturated heterocycles. The van der Waals surface area contributed by atoms with Crippen LogP contribution < -0.4 is 11.1 Å². The average Bonchev–Trinajstić information content (AvgIpc) is 2.54. The summed E-state index contributed by atoms with van der Waals surface area (Å²) in [7, 11) is 0. The van der Waals surface area contributed by atoms with Crippen molar-refractivity contribution in [1.82, 2.24) is 4.98 Å². The Balaban J connectivity index is 1.88. The number of nitrogens with zero attached hydrogens (tertiary/aromatic N) is 2. The smallest absolute Gasteiger partial charge is 0.292 e. The zero-order chi connectivity index (χ0) is 16.4. The van der Waals surface area contributed by atoms with Crippen LogP contribution in [0.2, 0.25) is 0 Å². The molecule has 0 aliphatic heterocycles. The molecule has 0 radical (unpaired) electrons. The van der Waals surface area contributed by atoms with E-state index in [9.17, 15) is 14.9 Å². The summed E-state index contributed by atoms with van der Waals surface area (Å²) < 4.78 is 0. The van der Waals surface area contributed by atoms with Crippen LogP contribution in [0.5, 0.6) is 0 Å². The molecule has 1 aromatic heterocycles. The molecule has 0 aliphatic rings. The molecule has 0 bridgehead atoms. The molecular weight excluding hydrogens is 296 g/mol. The first-order valence-corrected chi connectivity index (χ1v) is 6.75. The number of carbonyl (C=O) groups is 1. The van der Waals surface area contributed by atoms with Gasteiger partial charge in [-0.1, -0.05) is 18.2 Å². The molecule has 7 heteroatoms. The fourth-order valence-corrected chi connectivity index (χ4v) is 2.17. The van der Waals surface area contributed by atoms with Crippen molar-refractivity contribution in [2.75, 3.05) is 11.1 Å². The summed E-state index contributed by atoms with van der Waals surface area (Å²) in [6, 6.07) is 14.9. The summed E-state index contributed by atoms with van der Waals surface area (Å²) in [5.41, 5.74) is 6.11. The monoisotopic (exact) mass is 308 g/mol. The van der Waals surface area contributed by atoms with E-state index in [2.05, 4.69) is 10.3 Å². The van der Waals surface area contributed by atoms with Crippen LogP contribution >= 0.6 is 0 Å². The summed E-state index contributed by atoms with van der Waals surface area (Å²) in [6.45, 7) is 0. The Labute approximate surface area is 130 Å². The third-order valence-electron chi connectivity index (χ3n) is 3.33. The Morgan fingerprint density at radius 2 is 1.91 bits per heavy atom. The third kappa shape index (κ3) is 2.93. The van der Waals surface area contributed by atoms with Crippen molar-refractivity contribution in [2.24, 2.45) is 0 Å². The highest BCUT2D eigenvalue weighted by atomic mass is 16.6. The van der Waals surface area contributed by atoms with Gasteiger partial charge in [0.15, 0.2) is 0 Å². The first kappa shape index (κ1) is 14.5. The lowest BCUT2D eigenvalue weighted by molar-refractivity contribution is -0.383. The molecule has 3 rings (SSSR count). The predicted octanol–water partition coefficient (Wildman–Crippen LogP) is 2.98. The first-order valence-electron chi connectivity index (χ1n) is 6.75. The van der Waals surface area contributed by atoms with Crippen LogP contribution in [-0.2, 0) is 0 Å². The van der Waals surface area contributed by atoms with Gasteiger partial charge in [-0.25, -0.2) is 4.98 Å². The Hall–Kier alpha value is -3.48. The second-order valence-corrected chi connectivity index (χ2v) is 4.87. The van der Waals surface area contributed by atoms with Gasteiger partial charge in [0.2, 0.25) is 0 Å². The van der Waals surface area contributed by atoms with Crippen molar-refractivity contribution < 1.29 is 9.72 Å². The number of nitrogens with one attached hydrogen (secondary N) is 1. The maximum absolute atomic E-state index is 12.2. The molecule has 7 nitrogen and oxygen atoms in total. The van der Waals surface area contributed by atoms with Gasteiger partial charge < -0.3 is 11.1 Å². The summed E-state index contributed by atoms with van der Waals surface area (Å²) in [5, 5.41) is 14.5. The molecule has 1 heterocycles. The number of amides is 1. The predicted molar refractivity (Wildman–Crippen MR) is 87.2 cm³/mol. The summed E-state index contributed by atoms with van der Waals surface area (Å²) >= 11 is 0. The topological polar surface area (TPSA) is 111 Å². The number of nitrogens with two attached hydrogens (primary N) is 1. The van der Waals surface area contributed by atoms with Gasteiger partial charge in [-0.2, -0.15) is 0 Å². The van der Waals surface area contributed by atoms with E-state index in [0.29, 0.717) is 5.82 Å². The highest BCUT2D eigenvalue weighted by Crippen LogP contribution is 2.23. The lowest BCUT2D eigenvalue weighted by atomic mass is 10.1. The van der Waals surface area contributed by atoms with E-state index in [4.69, 9.17) is 5.73 Å². The zero-order valence-corrected chi connectivity index (χ0v) is 11.9. The van der Waals surface area contributed by atoms with Crippen molar-refractivity contribution in [1.29, 1.82) is 0 Å². The number of nitrogen functional groups attached to an aromatic ring is 1. The minimum absolute atomic E-state index is 0.00961. The Kier molecular flexibility index (Phi) is 3.60. The number of hydrogen-bond donors (Lipinski definition) is 2. The number of rotatable bonds is 3. The minimum Gasteiger partial charge on any atom is -0.393 e. The van der Waals surface area contributed by atoms with Crippen LogP contribution in [0.15, 0.2) is 54.6 Å². The highest BCUT2D eigenvalue weighted by molar-refractivity contribution is 6.05. The molecule has 23 heavy (non-hydrogen) atoms. The molecule has 114 valence electrons. The standard InChI is InChI=1S/C16H12N4O3/c17-12-7-5-11(9-14(12)20(22)23)16(21)19-15-8-6-10-3-1-2-4-13(10)18-15/h1-9H,17H2,(H,18,19,21). The number of nitro groups is 1. The van der Waals surface area contributed by atoms with E-state index < -0.39 is 10.8 Å². The van der Waals surface area contributed by atoms with Crippen LogP contribution in [0.25, 0.3) is 10.9 Å². The Morgan fingerprint density at radius 3 is 2.70 bits per heavy atom. The molecule has 0 unspecified atom stereocenters. The van der Waals surface area contributed by atoms with Gasteiger partial charge in [-0.05, 0) is 30.3 Å². The summed E-state index contributed by atoms with van der Waals surface area (Å²) in [6.07, 6.45) is 0.